The predicted octanol–water partition coefficient (Wildman–Crippen LogP) is 2.70. The van der Waals surface area contributed by atoms with E-state index < -0.39 is 0 Å². The number of nitrogens with two attached hydrogens (primary N) is 1. The van der Waals surface area contributed by atoms with Crippen LogP contribution in [0.4, 0.5) is 0 Å². The summed E-state index contributed by atoms with van der Waals surface area (Å²) in [5.41, 5.74) is 6.32. The molecule has 1 heterocycles. The molecule has 2 unspecified atom stereocenters. The van der Waals surface area contributed by atoms with Gasteiger partial charge >= 0.3 is 0 Å². The van der Waals surface area contributed by atoms with Crippen molar-refractivity contribution in [1.82, 2.24) is 0 Å². The van der Waals surface area contributed by atoms with Gasteiger partial charge in [0, 0.05) is 0 Å². The van der Waals surface area contributed by atoms with Crippen molar-refractivity contribution in [2.45, 2.75) is 66.1 Å². The number of ether oxygens (including phenoxy) is 2. The minimum Gasteiger partial charge on any atom is -0.343 e. The molecule has 0 aromatic carbocycles. The van der Waals surface area contributed by atoms with Crippen molar-refractivity contribution in [3.05, 3.63) is 12.7 Å². The number of hydrogen-bond acceptors (Lipinski definition) is 3. The van der Waals surface area contributed by atoms with Crippen molar-refractivity contribution < 1.29 is 9.47 Å². The Labute approximate surface area is 105 Å². The Morgan fingerprint density at radius 3 is 1.53 bits per heavy atom. The van der Waals surface area contributed by atoms with E-state index in [-0.39, 0.29) is 35.4 Å². The van der Waals surface area contributed by atoms with Crippen molar-refractivity contribution in [3.8, 4) is 0 Å². The highest BCUT2D eigenvalue weighted by Gasteiger charge is 2.46. The maximum absolute atomic E-state index is 6.33. The minimum absolute atomic E-state index is 0.00600. The summed E-state index contributed by atoms with van der Waals surface area (Å²) in [5, 5.41) is 0. The second-order valence-electron chi connectivity index (χ2n) is 7.03. The van der Waals surface area contributed by atoms with Crippen molar-refractivity contribution in [2.75, 3.05) is 0 Å². The Morgan fingerprint density at radius 2 is 1.29 bits per heavy atom. The molecule has 0 aromatic heterocycles. The molecule has 2 N–H and O–H groups in total. The van der Waals surface area contributed by atoms with Gasteiger partial charge in [0.2, 0.25) is 0 Å². The van der Waals surface area contributed by atoms with Crippen molar-refractivity contribution in [2.24, 2.45) is 16.6 Å². The van der Waals surface area contributed by atoms with Crippen LogP contribution in [-0.2, 0) is 9.47 Å². The summed E-state index contributed by atoms with van der Waals surface area (Å²) in [6.45, 7) is 16.6. The summed E-state index contributed by atoms with van der Waals surface area (Å²) in [4.78, 5) is 0. The summed E-state index contributed by atoms with van der Waals surface area (Å²) in [5.74, 6) is 0. The zero-order chi connectivity index (χ0) is 13.4. The third-order valence-corrected chi connectivity index (χ3v) is 3.16. The summed E-state index contributed by atoms with van der Waals surface area (Å²) in [7, 11) is 0. The fourth-order valence-corrected chi connectivity index (χ4v) is 2.34. The van der Waals surface area contributed by atoms with Crippen LogP contribution in [0.25, 0.3) is 0 Å². The molecule has 1 fully saturated rings. The zero-order valence-electron chi connectivity index (χ0n) is 12.0. The summed E-state index contributed by atoms with van der Waals surface area (Å²) < 4.78 is 11.7. The minimum atomic E-state index is -0.358. The van der Waals surface area contributed by atoms with E-state index in [0.717, 1.165) is 0 Å². The molecular formula is C14H27NO2. The summed E-state index contributed by atoms with van der Waals surface area (Å²) in [6, 6.07) is -0.119. The van der Waals surface area contributed by atoms with Gasteiger partial charge in [0.05, 0.1) is 18.2 Å². The lowest BCUT2D eigenvalue weighted by molar-refractivity contribution is -0.267. The van der Waals surface area contributed by atoms with Crippen LogP contribution in [0.3, 0.4) is 0 Å². The van der Waals surface area contributed by atoms with Crippen LogP contribution in [-0.4, -0.2) is 24.5 Å². The molecule has 0 saturated carbocycles. The molecule has 1 aliphatic rings. The highest BCUT2D eigenvalue weighted by Crippen LogP contribution is 2.37. The molecule has 0 aliphatic carbocycles. The van der Waals surface area contributed by atoms with Crippen LogP contribution in [0.5, 0.6) is 0 Å². The first-order valence-electron chi connectivity index (χ1n) is 6.26. The molecule has 17 heavy (non-hydrogen) atoms. The standard InChI is InChI=1S/C14H27NO2/c1-8-9-16-11(13(2,3)4)10(15)12(17-9)14(5,6)7/h8-12H,1,15H2,2-7H3/t9-,10?,11+,12?/m0/s1. The van der Waals surface area contributed by atoms with Gasteiger partial charge in [0.15, 0.2) is 6.29 Å². The maximum Gasteiger partial charge on any atom is 0.177 e. The van der Waals surface area contributed by atoms with Crippen molar-refractivity contribution in [3.63, 3.8) is 0 Å². The van der Waals surface area contributed by atoms with Crippen LogP contribution in [0, 0.1) is 10.8 Å². The van der Waals surface area contributed by atoms with Gasteiger partial charge in [-0.1, -0.05) is 48.1 Å². The quantitative estimate of drug-likeness (QED) is 0.718. The van der Waals surface area contributed by atoms with Gasteiger partial charge in [-0.05, 0) is 16.9 Å². The fourth-order valence-electron chi connectivity index (χ4n) is 2.34. The molecule has 0 spiro atoms. The smallest absolute Gasteiger partial charge is 0.177 e. The molecule has 0 amide bonds. The Hall–Kier alpha value is -0.380. The molecule has 0 aromatic rings. The van der Waals surface area contributed by atoms with Gasteiger partial charge in [-0.25, -0.2) is 0 Å². The monoisotopic (exact) mass is 241 g/mol. The van der Waals surface area contributed by atoms with Gasteiger partial charge in [-0.15, -0.1) is 0 Å². The van der Waals surface area contributed by atoms with E-state index in [1.807, 2.05) is 0 Å². The zero-order valence-corrected chi connectivity index (χ0v) is 12.0. The van der Waals surface area contributed by atoms with E-state index in [4.69, 9.17) is 15.2 Å². The molecule has 100 valence electrons. The van der Waals surface area contributed by atoms with E-state index >= 15 is 0 Å². The molecule has 0 bridgehead atoms. The third kappa shape index (κ3) is 3.30. The van der Waals surface area contributed by atoms with Crippen LogP contribution in [0.1, 0.15) is 41.5 Å². The van der Waals surface area contributed by atoms with Crippen LogP contribution >= 0.6 is 0 Å². The molecule has 1 aliphatic heterocycles. The predicted molar refractivity (Wildman–Crippen MR) is 70.6 cm³/mol. The van der Waals surface area contributed by atoms with E-state index in [1.165, 1.54) is 0 Å². The van der Waals surface area contributed by atoms with Gasteiger partial charge in [-0.3, -0.25) is 0 Å². The average Bonchev–Trinajstić information content (AvgIpc) is 2.14. The van der Waals surface area contributed by atoms with E-state index in [1.54, 1.807) is 6.08 Å². The highest BCUT2D eigenvalue weighted by molar-refractivity contribution is 4.98. The Morgan fingerprint density at radius 1 is 0.941 bits per heavy atom. The van der Waals surface area contributed by atoms with Crippen molar-refractivity contribution in [1.29, 1.82) is 0 Å². The van der Waals surface area contributed by atoms with E-state index in [2.05, 4.69) is 48.1 Å². The van der Waals surface area contributed by atoms with Crippen molar-refractivity contribution >= 4 is 0 Å². The molecule has 1 saturated heterocycles. The normalized spacial score (nSPS) is 35.7. The summed E-state index contributed by atoms with van der Waals surface area (Å²) in [6.07, 6.45) is 1.29. The molecule has 3 heteroatoms. The Kier molecular flexibility index (Phi) is 4.07. The molecule has 3 nitrogen and oxygen atoms in total. The van der Waals surface area contributed by atoms with Crippen LogP contribution in [0.2, 0.25) is 0 Å². The summed E-state index contributed by atoms with van der Waals surface area (Å²) >= 11 is 0. The number of rotatable bonds is 1. The highest BCUT2D eigenvalue weighted by atomic mass is 16.7. The topological polar surface area (TPSA) is 44.5 Å². The molecule has 1 rings (SSSR count). The van der Waals surface area contributed by atoms with Gasteiger partial charge in [0.1, 0.15) is 0 Å². The van der Waals surface area contributed by atoms with Gasteiger partial charge in [0.25, 0.3) is 0 Å². The SMILES string of the molecule is C=C[C@@H]1OC(C(C)(C)C)C(N)[C@H](C(C)(C)C)O1. The lowest BCUT2D eigenvalue weighted by Crippen LogP contribution is -2.62. The third-order valence-electron chi connectivity index (χ3n) is 3.16. The lowest BCUT2D eigenvalue weighted by Gasteiger charge is -2.49. The van der Waals surface area contributed by atoms with Crippen LogP contribution in [0.15, 0.2) is 12.7 Å². The first-order chi connectivity index (χ1) is 7.57. The average molecular weight is 241 g/mol. The van der Waals surface area contributed by atoms with Crippen LogP contribution < -0.4 is 5.73 Å². The molecule has 0 radical (unpaired) electrons. The molecule has 4 atom stereocenters. The first-order valence-corrected chi connectivity index (χ1v) is 6.26. The van der Waals surface area contributed by atoms with Gasteiger partial charge < -0.3 is 15.2 Å². The first kappa shape index (κ1) is 14.7. The fraction of sp³-hybridized carbons (Fsp3) is 0.857. The number of hydrogen-bond donors (Lipinski definition) is 1. The van der Waals surface area contributed by atoms with Gasteiger partial charge in [-0.2, -0.15) is 0 Å². The second kappa shape index (κ2) is 4.71. The van der Waals surface area contributed by atoms with E-state index in [9.17, 15) is 0 Å². The Balaban J connectivity index is 2.98. The maximum atomic E-state index is 6.33. The van der Waals surface area contributed by atoms with E-state index in [0.29, 0.717) is 0 Å². The largest absolute Gasteiger partial charge is 0.343 e. The Bertz CT molecular complexity index is 251. The molecular weight excluding hydrogens is 214 g/mol. The second-order valence-corrected chi connectivity index (χ2v) is 7.03. The lowest BCUT2D eigenvalue weighted by atomic mass is 9.75.